The molecule has 0 aromatic heterocycles. The zero-order valence-corrected chi connectivity index (χ0v) is 14.8. The molecule has 136 valence electrons. The van der Waals surface area contributed by atoms with Crippen molar-refractivity contribution >= 4 is 21.6 Å². The summed E-state index contributed by atoms with van der Waals surface area (Å²) in [6, 6.07) is 11.1. The number of sulfonamides is 1. The SMILES string of the molecule is CNC(=O)[C@H]1Cc2ccccc2CN1S(=O)(=O)c1ccc([N+](=O)[O-])cc1. The standard InChI is InChI=1S/C17H17N3O5S/c1-18-17(21)16-10-12-4-2-3-5-13(12)11-19(16)26(24,25)15-8-6-14(7-9-15)20(22)23/h2-9,16H,10-11H2,1H3,(H,18,21)/t16-/m1/s1. The highest BCUT2D eigenvalue weighted by atomic mass is 32.2. The number of hydrogen-bond donors (Lipinski definition) is 1. The smallest absolute Gasteiger partial charge is 0.269 e. The third-order valence-electron chi connectivity index (χ3n) is 4.41. The molecule has 1 amide bonds. The van der Waals surface area contributed by atoms with Crippen LogP contribution in [0.25, 0.3) is 0 Å². The van der Waals surface area contributed by atoms with Crippen molar-refractivity contribution < 1.29 is 18.1 Å². The summed E-state index contributed by atoms with van der Waals surface area (Å²) in [5, 5.41) is 13.3. The lowest BCUT2D eigenvalue weighted by Gasteiger charge is -2.34. The Kier molecular flexibility index (Phi) is 4.75. The van der Waals surface area contributed by atoms with Crippen LogP contribution in [-0.4, -0.2) is 36.6 Å². The lowest BCUT2D eigenvalue weighted by Crippen LogP contribution is -2.51. The van der Waals surface area contributed by atoms with Crippen molar-refractivity contribution in [1.82, 2.24) is 9.62 Å². The van der Waals surface area contributed by atoms with Crippen LogP contribution < -0.4 is 5.32 Å². The van der Waals surface area contributed by atoms with Gasteiger partial charge in [0.15, 0.2) is 0 Å². The Hall–Kier alpha value is -2.78. The summed E-state index contributed by atoms with van der Waals surface area (Å²) in [6.45, 7) is 0.0631. The van der Waals surface area contributed by atoms with E-state index in [4.69, 9.17) is 0 Å². The minimum atomic E-state index is -4.00. The number of nitro benzene ring substituents is 1. The van der Waals surface area contributed by atoms with Crippen molar-refractivity contribution in [3.05, 3.63) is 69.8 Å². The topological polar surface area (TPSA) is 110 Å². The number of amides is 1. The largest absolute Gasteiger partial charge is 0.358 e. The van der Waals surface area contributed by atoms with Crippen molar-refractivity contribution in [3.63, 3.8) is 0 Å². The summed E-state index contributed by atoms with van der Waals surface area (Å²) < 4.78 is 27.3. The monoisotopic (exact) mass is 375 g/mol. The minimum Gasteiger partial charge on any atom is -0.358 e. The molecule has 8 nitrogen and oxygen atoms in total. The van der Waals surface area contributed by atoms with Gasteiger partial charge in [-0.15, -0.1) is 0 Å². The molecule has 1 N–H and O–H groups in total. The normalized spacial score (nSPS) is 17.3. The Bertz CT molecular complexity index is 957. The van der Waals surface area contributed by atoms with Gasteiger partial charge in [-0.05, 0) is 29.7 Å². The van der Waals surface area contributed by atoms with E-state index in [1.165, 1.54) is 19.2 Å². The molecule has 0 spiro atoms. The zero-order chi connectivity index (χ0) is 18.9. The summed E-state index contributed by atoms with van der Waals surface area (Å²) in [5.41, 5.74) is 1.56. The second-order valence-corrected chi connectivity index (χ2v) is 7.79. The fourth-order valence-corrected chi connectivity index (χ4v) is 4.58. The average Bonchev–Trinajstić information content (AvgIpc) is 2.66. The molecule has 0 radical (unpaired) electrons. The van der Waals surface area contributed by atoms with E-state index >= 15 is 0 Å². The highest BCUT2D eigenvalue weighted by molar-refractivity contribution is 7.89. The fourth-order valence-electron chi connectivity index (χ4n) is 3.02. The summed E-state index contributed by atoms with van der Waals surface area (Å²) in [5.74, 6) is -0.398. The lowest BCUT2D eigenvalue weighted by molar-refractivity contribution is -0.384. The number of non-ortho nitro benzene ring substituents is 1. The lowest BCUT2D eigenvalue weighted by atomic mass is 9.95. The molecule has 0 unspecified atom stereocenters. The molecular weight excluding hydrogens is 358 g/mol. The van der Waals surface area contributed by atoms with Gasteiger partial charge < -0.3 is 5.32 Å². The highest BCUT2D eigenvalue weighted by Gasteiger charge is 2.39. The van der Waals surface area contributed by atoms with Crippen LogP contribution in [0, 0.1) is 10.1 Å². The molecule has 3 rings (SSSR count). The molecule has 0 fully saturated rings. The number of nitrogens with one attached hydrogen (secondary N) is 1. The fraction of sp³-hybridized carbons (Fsp3) is 0.235. The zero-order valence-electron chi connectivity index (χ0n) is 14.0. The third-order valence-corrected chi connectivity index (χ3v) is 6.28. The van der Waals surface area contributed by atoms with Crippen LogP contribution >= 0.6 is 0 Å². The first-order chi connectivity index (χ1) is 12.3. The maximum absolute atomic E-state index is 13.1. The van der Waals surface area contributed by atoms with Gasteiger partial charge >= 0.3 is 0 Å². The van der Waals surface area contributed by atoms with E-state index in [9.17, 15) is 23.3 Å². The Morgan fingerprint density at radius 1 is 1.15 bits per heavy atom. The predicted octanol–water partition coefficient (Wildman–Crippen LogP) is 1.46. The van der Waals surface area contributed by atoms with Gasteiger partial charge in [0.1, 0.15) is 6.04 Å². The molecule has 2 aromatic carbocycles. The molecule has 9 heteroatoms. The quantitative estimate of drug-likeness (QED) is 0.643. The van der Waals surface area contributed by atoms with Gasteiger partial charge in [0.25, 0.3) is 5.69 Å². The Morgan fingerprint density at radius 2 is 1.77 bits per heavy atom. The number of nitrogens with zero attached hydrogens (tertiary/aromatic N) is 2. The van der Waals surface area contributed by atoms with Gasteiger partial charge in [-0.25, -0.2) is 8.42 Å². The molecule has 0 bridgehead atoms. The van der Waals surface area contributed by atoms with Crippen molar-refractivity contribution in [3.8, 4) is 0 Å². The van der Waals surface area contributed by atoms with E-state index in [0.29, 0.717) is 0 Å². The van der Waals surface area contributed by atoms with Crippen LogP contribution in [0.15, 0.2) is 53.4 Å². The van der Waals surface area contributed by atoms with E-state index in [0.717, 1.165) is 27.6 Å². The van der Waals surface area contributed by atoms with Crippen molar-refractivity contribution in [2.45, 2.75) is 23.9 Å². The second kappa shape index (κ2) is 6.85. The van der Waals surface area contributed by atoms with E-state index in [1.54, 1.807) is 0 Å². The maximum Gasteiger partial charge on any atom is 0.269 e. The number of carbonyl (C=O) groups excluding carboxylic acids is 1. The number of nitro groups is 1. The molecule has 0 saturated heterocycles. The summed E-state index contributed by atoms with van der Waals surface area (Å²) in [7, 11) is -2.54. The molecule has 26 heavy (non-hydrogen) atoms. The Labute approximate surface area is 150 Å². The van der Waals surface area contributed by atoms with E-state index in [-0.39, 0.29) is 23.5 Å². The molecule has 1 atom stereocenters. The summed E-state index contributed by atoms with van der Waals surface area (Å²) >= 11 is 0. The van der Waals surface area contributed by atoms with E-state index in [1.807, 2.05) is 24.3 Å². The molecular formula is C17H17N3O5S. The van der Waals surface area contributed by atoms with Crippen molar-refractivity contribution in [1.29, 1.82) is 0 Å². The highest BCUT2D eigenvalue weighted by Crippen LogP contribution is 2.29. The first kappa shape index (κ1) is 18.0. The Morgan fingerprint density at radius 3 is 2.35 bits per heavy atom. The van der Waals surface area contributed by atoms with Crippen LogP contribution in [-0.2, 0) is 27.8 Å². The number of fused-ring (bicyclic) bond motifs is 1. The van der Waals surface area contributed by atoms with Gasteiger partial charge in [-0.1, -0.05) is 24.3 Å². The Balaban J connectivity index is 2.03. The van der Waals surface area contributed by atoms with Crippen LogP contribution in [0.4, 0.5) is 5.69 Å². The van der Waals surface area contributed by atoms with Crippen LogP contribution in [0.5, 0.6) is 0 Å². The first-order valence-electron chi connectivity index (χ1n) is 7.89. The van der Waals surface area contributed by atoms with Crippen LogP contribution in [0.1, 0.15) is 11.1 Å². The van der Waals surface area contributed by atoms with Crippen molar-refractivity contribution in [2.75, 3.05) is 7.05 Å². The van der Waals surface area contributed by atoms with Gasteiger partial charge in [0.05, 0.1) is 9.82 Å². The van der Waals surface area contributed by atoms with Crippen LogP contribution in [0.2, 0.25) is 0 Å². The molecule has 1 aliphatic heterocycles. The predicted molar refractivity (Wildman–Crippen MR) is 93.8 cm³/mol. The molecule has 0 saturated carbocycles. The number of carbonyl (C=O) groups is 1. The maximum atomic E-state index is 13.1. The van der Waals surface area contributed by atoms with E-state index < -0.39 is 26.9 Å². The minimum absolute atomic E-state index is 0.0631. The van der Waals surface area contributed by atoms with Gasteiger partial charge in [0, 0.05) is 25.7 Å². The molecule has 0 aliphatic carbocycles. The molecule has 2 aromatic rings. The number of hydrogen-bond acceptors (Lipinski definition) is 5. The number of benzene rings is 2. The van der Waals surface area contributed by atoms with Gasteiger partial charge in [-0.3, -0.25) is 14.9 Å². The average molecular weight is 375 g/mol. The number of rotatable bonds is 4. The van der Waals surface area contributed by atoms with E-state index in [2.05, 4.69) is 5.32 Å². The number of likely N-dealkylation sites (N-methyl/N-ethyl adjacent to an activating group) is 1. The summed E-state index contributed by atoms with van der Waals surface area (Å²) in [6.07, 6.45) is 0.266. The summed E-state index contributed by atoms with van der Waals surface area (Å²) in [4.78, 5) is 22.4. The van der Waals surface area contributed by atoms with Gasteiger partial charge in [-0.2, -0.15) is 4.31 Å². The van der Waals surface area contributed by atoms with Gasteiger partial charge in [0.2, 0.25) is 15.9 Å². The van der Waals surface area contributed by atoms with Crippen molar-refractivity contribution in [2.24, 2.45) is 0 Å². The third kappa shape index (κ3) is 3.18. The second-order valence-electron chi connectivity index (χ2n) is 5.90. The molecule has 1 heterocycles. The molecule has 1 aliphatic rings. The first-order valence-corrected chi connectivity index (χ1v) is 9.33. The van der Waals surface area contributed by atoms with Crippen LogP contribution in [0.3, 0.4) is 0 Å².